The molecule has 20 heavy (non-hydrogen) atoms. The van der Waals surface area contributed by atoms with Crippen LogP contribution in [0.2, 0.25) is 0 Å². The Kier molecular flexibility index (Phi) is 5.82. The molecule has 0 atom stereocenters. The van der Waals surface area contributed by atoms with E-state index in [0.717, 1.165) is 12.8 Å². The molecule has 0 radical (unpaired) electrons. The Morgan fingerprint density at radius 1 is 0.950 bits per heavy atom. The summed E-state index contributed by atoms with van der Waals surface area (Å²) >= 11 is 0. The Labute approximate surface area is 126 Å². The van der Waals surface area contributed by atoms with E-state index in [-0.39, 0.29) is 11.0 Å². The molecule has 2 N–H and O–H groups in total. The van der Waals surface area contributed by atoms with E-state index in [2.05, 4.69) is 45.9 Å². The van der Waals surface area contributed by atoms with Crippen LogP contribution >= 0.6 is 0 Å². The molecule has 1 aliphatic carbocycles. The highest BCUT2D eigenvalue weighted by molar-refractivity contribution is 5.37. The molecule has 2 rings (SSSR count). The predicted octanol–water partition coefficient (Wildman–Crippen LogP) is 5.44. The number of hydrogen-bond acceptors (Lipinski definition) is 1. The van der Waals surface area contributed by atoms with E-state index in [9.17, 15) is 0 Å². The maximum atomic E-state index is 6.66. The largest absolute Gasteiger partial charge is 0.321 e. The van der Waals surface area contributed by atoms with Gasteiger partial charge < -0.3 is 5.73 Å². The van der Waals surface area contributed by atoms with Crippen LogP contribution in [-0.2, 0) is 11.0 Å². The number of aryl methyl sites for hydroxylation is 1. The Morgan fingerprint density at radius 2 is 1.50 bits per heavy atom. The summed E-state index contributed by atoms with van der Waals surface area (Å²) in [5.41, 5.74) is 10.9. The highest BCUT2D eigenvalue weighted by atomic mass is 14.7. The van der Waals surface area contributed by atoms with E-state index in [0.29, 0.717) is 0 Å². The first-order chi connectivity index (χ1) is 9.31. The molecule has 1 fully saturated rings. The summed E-state index contributed by atoms with van der Waals surface area (Å²) in [6.07, 6.45) is 6.17. The molecule has 1 saturated carbocycles. The maximum absolute atomic E-state index is 6.66. The third-order valence-corrected chi connectivity index (χ3v) is 4.26. The van der Waals surface area contributed by atoms with Crippen molar-refractivity contribution in [3.05, 3.63) is 34.9 Å². The van der Waals surface area contributed by atoms with Gasteiger partial charge in [0.25, 0.3) is 0 Å². The van der Waals surface area contributed by atoms with Crippen LogP contribution in [0.5, 0.6) is 0 Å². The SMILES string of the molecule is CC.Cc1cc(C(C)(C)C)cc(C2(N)CCCCC2)c1. The van der Waals surface area contributed by atoms with Crippen LogP contribution in [-0.4, -0.2) is 0 Å². The highest BCUT2D eigenvalue weighted by Crippen LogP contribution is 2.37. The van der Waals surface area contributed by atoms with Gasteiger partial charge in [0, 0.05) is 5.54 Å². The van der Waals surface area contributed by atoms with Gasteiger partial charge in [-0.1, -0.05) is 77.6 Å². The van der Waals surface area contributed by atoms with Crippen LogP contribution in [0.15, 0.2) is 18.2 Å². The van der Waals surface area contributed by atoms with Gasteiger partial charge in [-0.3, -0.25) is 0 Å². The lowest BCUT2D eigenvalue weighted by molar-refractivity contribution is 0.302. The summed E-state index contributed by atoms with van der Waals surface area (Å²) in [7, 11) is 0. The van der Waals surface area contributed by atoms with E-state index >= 15 is 0 Å². The molecule has 0 amide bonds. The summed E-state index contributed by atoms with van der Waals surface area (Å²) in [5, 5.41) is 0. The van der Waals surface area contributed by atoms with Crippen LogP contribution < -0.4 is 5.73 Å². The monoisotopic (exact) mass is 275 g/mol. The van der Waals surface area contributed by atoms with Gasteiger partial charge >= 0.3 is 0 Å². The molecule has 114 valence electrons. The second kappa shape index (κ2) is 6.76. The summed E-state index contributed by atoms with van der Waals surface area (Å²) in [6, 6.07) is 6.94. The minimum atomic E-state index is -0.0791. The average molecular weight is 275 g/mol. The second-order valence-corrected chi connectivity index (χ2v) is 7.05. The summed E-state index contributed by atoms with van der Waals surface area (Å²) in [4.78, 5) is 0. The van der Waals surface area contributed by atoms with Gasteiger partial charge in [-0.15, -0.1) is 0 Å². The molecule has 0 heterocycles. The molecule has 0 saturated heterocycles. The van der Waals surface area contributed by atoms with Crippen molar-refractivity contribution in [2.75, 3.05) is 0 Å². The van der Waals surface area contributed by atoms with Gasteiger partial charge in [0.05, 0.1) is 0 Å². The lowest BCUT2D eigenvalue weighted by atomic mass is 9.75. The molecule has 0 spiro atoms. The smallest absolute Gasteiger partial charge is 0.0409 e. The van der Waals surface area contributed by atoms with Gasteiger partial charge in [0.2, 0.25) is 0 Å². The van der Waals surface area contributed by atoms with Crippen molar-refractivity contribution in [2.24, 2.45) is 5.73 Å². The molecule has 1 heteroatoms. The fourth-order valence-electron chi connectivity index (χ4n) is 2.97. The lowest BCUT2D eigenvalue weighted by Gasteiger charge is -2.35. The first-order valence-corrected chi connectivity index (χ1v) is 8.23. The molecule has 0 aliphatic heterocycles. The molecule has 0 unspecified atom stereocenters. The Bertz CT molecular complexity index is 420. The zero-order chi connectivity index (χ0) is 15.4. The standard InChI is InChI=1S/C17H27N.C2H6/c1-13-10-14(16(2,3)4)12-15(11-13)17(18)8-6-5-7-9-17;1-2/h10-12H,5-9,18H2,1-4H3;1-2H3. The molecule has 1 aliphatic rings. The number of nitrogens with two attached hydrogens (primary N) is 1. The predicted molar refractivity (Wildman–Crippen MR) is 90.2 cm³/mol. The van der Waals surface area contributed by atoms with E-state index in [1.165, 1.54) is 36.0 Å². The Hall–Kier alpha value is -0.820. The maximum Gasteiger partial charge on any atom is 0.0409 e. The summed E-state index contributed by atoms with van der Waals surface area (Å²) in [5.74, 6) is 0. The van der Waals surface area contributed by atoms with Crippen molar-refractivity contribution in [1.82, 2.24) is 0 Å². The molecule has 1 aromatic rings. The molecular weight excluding hydrogens is 242 g/mol. The Morgan fingerprint density at radius 3 is 2.00 bits per heavy atom. The van der Waals surface area contributed by atoms with E-state index in [1.54, 1.807) is 0 Å². The molecular formula is C19H33N. The third-order valence-electron chi connectivity index (χ3n) is 4.26. The van der Waals surface area contributed by atoms with Crippen LogP contribution in [0.1, 0.15) is 83.4 Å². The van der Waals surface area contributed by atoms with E-state index in [1.807, 2.05) is 13.8 Å². The Balaban J connectivity index is 0.000000956. The lowest BCUT2D eigenvalue weighted by Crippen LogP contribution is -2.38. The second-order valence-electron chi connectivity index (χ2n) is 7.05. The fraction of sp³-hybridized carbons (Fsp3) is 0.684. The number of hydrogen-bond donors (Lipinski definition) is 1. The van der Waals surface area contributed by atoms with Crippen molar-refractivity contribution in [2.45, 2.75) is 84.6 Å². The topological polar surface area (TPSA) is 26.0 Å². The van der Waals surface area contributed by atoms with Gasteiger partial charge in [0.15, 0.2) is 0 Å². The zero-order valence-corrected chi connectivity index (χ0v) is 14.3. The van der Waals surface area contributed by atoms with Crippen molar-refractivity contribution in [3.8, 4) is 0 Å². The van der Waals surface area contributed by atoms with Crippen LogP contribution in [0, 0.1) is 6.92 Å². The van der Waals surface area contributed by atoms with Gasteiger partial charge in [-0.2, -0.15) is 0 Å². The van der Waals surface area contributed by atoms with Crippen molar-refractivity contribution in [3.63, 3.8) is 0 Å². The van der Waals surface area contributed by atoms with Crippen molar-refractivity contribution < 1.29 is 0 Å². The zero-order valence-electron chi connectivity index (χ0n) is 14.3. The van der Waals surface area contributed by atoms with Crippen LogP contribution in [0.4, 0.5) is 0 Å². The average Bonchev–Trinajstić information content (AvgIpc) is 2.40. The van der Waals surface area contributed by atoms with Crippen molar-refractivity contribution >= 4 is 0 Å². The minimum Gasteiger partial charge on any atom is -0.321 e. The number of rotatable bonds is 1. The minimum absolute atomic E-state index is 0.0791. The van der Waals surface area contributed by atoms with Crippen LogP contribution in [0.3, 0.4) is 0 Å². The first-order valence-electron chi connectivity index (χ1n) is 8.23. The first kappa shape index (κ1) is 17.2. The van der Waals surface area contributed by atoms with Gasteiger partial charge in [0.1, 0.15) is 0 Å². The quantitative estimate of drug-likeness (QED) is 0.726. The van der Waals surface area contributed by atoms with Gasteiger partial charge in [-0.05, 0) is 36.3 Å². The van der Waals surface area contributed by atoms with Gasteiger partial charge in [-0.25, -0.2) is 0 Å². The summed E-state index contributed by atoms with van der Waals surface area (Å²) < 4.78 is 0. The van der Waals surface area contributed by atoms with E-state index in [4.69, 9.17) is 5.73 Å². The van der Waals surface area contributed by atoms with E-state index < -0.39 is 0 Å². The van der Waals surface area contributed by atoms with Crippen LogP contribution in [0.25, 0.3) is 0 Å². The fourth-order valence-corrected chi connectivity index (χ4v) is 2.97. The molecule has 0 bridgehead atoms. The molecule has 1 nitrogen and oxygen atoms in total. The normalized spacial score (nSPS) is 18.1. The third kappa shape index (κ3) is 4.09. The number of benzene rings is 1. The molecule has 0 aromatic heterocycles. The van der Waals surface area contributed by atoms with Crippen molar-refractivity contribution in [1.29, 1.82) is 0 Å². The molecule has 1 aromatic carbocycles. The summed E-state index contributed by atoms with van der Waals surface area (Å²) in [6.45, 7) is 13.0. The highest BCUT2D eigenvalue weighted by Gasteiger charge is 2.30.